The summed E-state index contributed by atoms with van der Waals surface area (Å²) in [5.41, 5.74) is 2.37. The van der Waals surface area contributed by atoms with Crippen molar-refractivity contribution >= 4 is 17.3 Å². The minimum absolute atomic E-state index is 0.271. The Bertz CT molecular complexity index is 407. The van der Waals surface area contributed by atoms with Gasteiger partial charge in [0.25, 0.3) is 0 Å². The van der Waals surface area contributed by atoms with Crippen molar-refractivity contribution in [3.63, 3.8) is 0 Å². The van der Waals surface area contributed by atoms with Crippen LogP contribution in [-0.2, 0) is 6.54 Å². The van der Waals surface area contributed by atoms with Crippen LogP contribution in [0, 0.1) is 5.92 Å². The molecule has 0 saturated heterocycles. The summed E-state index contributed by atoms with van der Waals surface area (Å²) in [6.07, 6.45) is 0.491. The molecule has 0 fully saturated rings. The van der Waals surface area contributed by atoms with Crippen LogP contribution in [0.2, 0.25) is 5.02 Å². The van der Waals surface area contributed by atoms with Crippen molar-refractivity contribution in [1.29, 1.82) is 0 Å². The molecule has 0 aliphatic rings. The van der Waals surface area contributed by atoms with Gasteiger partial charge in [0, 0.05) is 30.8 Å². The number of aliphatic hydroxyl groups is 1. The summed E-state index contributed by atoms with van der Waals surface area (Å²) in [4.78, 5) is 2.18. The second-order valence-electron chi connectivity index (χ2n) is 5.86. The molecule has 4 heteroatoms. The van der Waals surface area contributed by atoms with Crippen LogP contribution < -0.4 is 10.2 Å². The van der Waals surface area contributed by atoms with Gasteiger partial charge in [-0.25, -0.2) is 0 Å². The third-order valence-electron chi connectivity index (χ3n) is 3.20. The van der Waals surface area contributed by atoms with E-state index in [2.05, 4.69) is 37.2 Å². The van der Waals surface area contributed by atoms with Gasteiger partial charge in [0.15, 0.2) is 0 Å². The maximum absolute atomic E-state index is 9.40. The number of rotatable bonds is 8. The van der Waals surface area contributed by atoms with Crippen molar-refractivity contribution in [2.75, 3.05) is 25.0 Å². The highest BCUT2D eigenvalue weighted by atomic mass is 35.5. The van der Waals surface area contributed by atoms with E-state index in [-0.39, 0.29) is 6.10 Å². The van der Waals surface area contributed by atoms with Crippen LogP contribution in [0.1, 0.15) is 32.8 Å². The molecule has 0 heterocycles. The Morgan fingerprint density at radius 1 is 1.30 bits per heavy atom. The van der Waals surface area contributed by atoms with Crippen LogP contribution in [0.4, 0.5) is 5.69 Å². The van der Waals surface area contributed by atoms with E-state index in [0.717, 1.165) is 31.1 Å². The average Bonchev–Trinajstić information content (AvgIpc) is 2.35. The predicted octanol–water partition coefficient (Wildman–Crippen LogP) is 3.29. The molecule has 0 spiro atoms. The number of anilines is 1. The monoisotopic (exact) mass is 298 g/mol. The quantitative estimate of drug-likeness (QED) is 0.773. The molecule has 1 rings (SSSR count). The van der Waals surface area contributed by atoms with E-state index in [1.54, 1.807) is 0 Å². The summed E-state index contributed by atoms with van der Waals surface area (Å²) in [5, 5.41) is 13.6. The highest BCUT2D eigenvalue weighted by molar-refractivity contribution is 6.30. The summed E-state index contributed by atoms with van der Waals surface area (Å²) < 4.78 is 0. The zero-order valence-electron chi connectivity index (χ0n) is 13.0. The van der Waals surface area contributed by atoms with Gasteiger partial charge < -0.3 is 15.3 Å². The summed E-state index contributed by atoms with van der Waals surface area (Å²) in [6, 6.07) is 5.99. The van der Waals surface area contributed by atoms with E-state index in [1.807, 2.05) is 19.1 Å². The lowest BCUT2D eigenvalue weighted by molar-refractivity contribution is 0.187. The highest BCUT2D eigenvalue weighted by Crippen LogP contribution is 2.24. The molecule has 0 amide bonds. The molecular weight excluding hydrogens is 272 g/mol. The molecule has 0 aromatic heterocycles. The molecule has 1 unspecified atom stereocenters. The second-order valence-corrected chi connectivity index (χ2v) is 6.29. The number of nitrogens with zero attached hydrogens (tertiary/aromatic N) is 1. The standard InChI is InChI=1S/C16H27ClN2O/c1-12(2)10-18-11-14-9-15(17)5-6-16(14)19(4)8-7-13(3)20/h5-6,9,12-13,18,20H,7-8,10-11H2,1-4H3. The number of nitrogens with one attached hydrogen (secondary N) is 1. The first kappa shape index (κ1) is 17.3. The lowest BCUT2D eigenvalue weighted by Crippen LogP contribution is -2.25. The van der Waals surface area contributed by atoms with Crippen molar-refractivity contribution in [2.24, 2.45) is 5.92 Å². The molecular formula is C16H27ClN2O. The van der Waals surface area contributed by atoms with Crippen LogP contribution in [0.5, 0.6) is 0 Å². The van der Waals surface area contributed by atoms with Crippen molar-refractivity contribution in [2.45, 2.75) is 39.8 Å². The van der Waals surface area contributed by atoms with Gasteiger partial charge in [-0.1, -0.05) is 25.4 Å². The third-order valence-corrected chi connectivity index (χ3v) is 3.44. The van der Waals surface area contributed by atoms with Crippen LogP contribution in [-0.4, -0.2) is 31.3 Å². The summed E-state index contributed by atoms with van der Waals surface area (Å²) in [7, 11) is 2.05. The number of aliphatic hydroxyl groups excluding tert-OH is 1. The smallest absolute Gasteiger partial charge is 0.0528 e. The van der Waals surface area contributed by atoms with Crippen LogP contribution >= 0.6 is 11.6 Å². The number of hydrogen-bond acceptors (Lipinski definition) is 3. The van der Waals surface area contributed by atoms with Crippen molar-refractivity contribution in [1.82, 2.24) is 5.32 Å². The minimum Gasteiger partial charge on any atom is -0.393 e. The zero-order valence-corrected chi connectivity index (χ0v) is 13.7. The van der Waals surface area contributed by atoms with Crippen LogP contribution in [0.25, 0.3) is 0 Å². The van der Waals surface area contributed by atoms with Gasteiger partial charge in [0.2, 0.25) is 0 Å². The molecule has 0 bridgehead atoms. The Balaban J connectivity index is 2.73. The van der Waals surface area contributed by atoms with E-state index in [9.17, 15) is 5.11 Å². The lowest BCUT2D eigenvalue weighted by Gasteiger charge is -2.24. The van der Waals surface area contributed by atoms with E-state index in [1.165, 1.54) is 11.3 Å². The van der Waals surface area contributed by atoms with Crippen molar-refractivity contribution in [3.8, 4) is 0 Å². The molecule has 20 heavy (non-hydrogen) atoms. The molecule has 114 valence electrons. The van der Waals surface area contributed by atoms with E-state index < -0.39 is 0 Å². The van der Waals surface area contributed by atoms with E-state index in [4.69, 9.17) is 11.6 Å². The molecule has 3 nitrogen and oxygen atoms in total. The van der Waals surface area contributed by atoms with Crippen molar-refractivity contribution in [3.05, 3.63) is 28.8 Å². The topological polar surface area (TPSA) is 35.5 Å². The number of hydrogen-bond donors (Lipinski definition) is 2. The fourth-order valence-electron chi connectivity index (χ4n) is 2.06. The Labute approximate surface area is 127 Å². The van der Waals surface area contributed by atoms with Gasteiger partial charge in [-0.15, -0.1) is 0 Å². The number of benzene rings is 1. The molecule has 1 aromatic carbocycles. The van der Waals surface area contributed by atoms with Crippen molar-refractivity contribution < 1.29 is 5.11 Å². The van der Waals surface area contributed by atoms with Crippen LogP contribution in [0.15, 0.2) is 18.2 Å². The maximum atomic E-state index is 9.40. The Hall–Kier alpha value is -0.770. The Morgan fingerprint density at radius 2 is 2.00 bits per heavy atom. The van der Waals surface area contributed by atoms with Gasteiger partial charge >= 0.3 is 0 Å². The summed E-state index contributed by atoms with van der Waals surface area (Å²) >= 11 is 6.10. The van der Waals surface area contributed by atoms with Gasteiger partial charge in [-0.05, 0) is 49.6 Å². The Morgan fingerprint density at radius 3 is 2.60 bits per heavy atom. The molecule has 0 radical (unpaired) electrons. The van der Waals surface area contributed by atoms with Crippen LogP contribution in [0.3, 0.4) is 0 Å². The minimum atomic E-state index is -0.271. The van der Waals surface area contributed by atoms with Gasteiger partial charge in [-0.2, -0.15) is 0 Å². The molecule has 0 aliphatic heterocycles. The third kappa shape index (κ3) is 6.12. The largest absolute Gasteiger partial charge is 0.393 e. The van der Waals surface area contributed by atoms with Gasteiger partial charge in [0.1, 0.15) is 0 Å². The summed E-state index contributed by atoms with van der Waals surface area (Å²) in [6.45, 7) is 8.84. The second kappa shape index (κ2) is 8.50. The molecule has 0 aliphatic carbocycles. The Kier molecular flexibility index (Phi) is 7.35. The molecule has 1 atom stereocenters. The lowest BCUT2D eigenvalue weighted by atomic mass is 10.1. The highest BCUT2D eigenvalue weighted by Gasteiger charge is 2.09. The zero-order chi connectivity index (χ0) is 15.1. The van der Waals surface area contributed by atoms with E-state index in [0.29, 0.717) is 5.92 Å². The average molecular weight is 299 g/mol. The fraction of sp³-hybridized carbons (Fsp3) is 0.625. The maximum Gasteiger partial charge on any atom is 0.0528 e. The first-order valence-electron chi connectivity index (χ1n) is 7.28. The van der Waals surface area contributed by atoms with Gasteiger partial charge in [0.05, 0.1) is 6.10 Å². The van der Waals surface area contributed by atoms with Gasteiger partial charge in [-0.3, -0.25) is 0 Å². The molecule has 1 aromatic rings. The first-order valence-corrected chi connectivity index (χ1v) is 7.66. The predicted molar refractivity (Wildman–Crippen MR) is 87.6 cm³/mol. The SMILES string of the molecule is CC(C)CNCc1cc(Cl)ccc1N(C)CCC(C)O. The normalized spacial score (nSPS) is 12.8. The summed E-state index contributed by atoms with van der Waals surface area (Å²) in [5.74, 6) is 0.630. The number of halogens is 1. The molecule has 0 saturated carbocycles. The van der Waals surface area contributed by atoms with E-state index >= 15 is 0 Å². The fourth-order valence-corrected chi connectivity index (χ4v) is 2.26. The first-order chi connectivity index (χ1) is 9.40. The molecule has 2 N–H and O–H groups in total.